The summed E-state index contributed by atoms with van der Waals surface area (Å²) < 4.78 is 35.9. The number of hydrogen-bond acceptors (Lipinski definition) is 9. The highest BCUT2D eigenvalue weighted by atomic mass is 16.5. The second kappa shape index (κ2) is 41.4. The number of fused-ring (bicyclic) bond motifs is 6. The van der Waals surface area contributed by atoms with Gasteiger partial charge < -0.3 is 43.7 Å². The molecule has 3 unspecified atom stereocenters. The van der Waals surface area contributed by atoms with E-state index in [4.69, 9.17) is 33.5 Å². The summed E-state index contributed by atoms with van der Waals surface area (Å²) in [5.74, 6) is 1.60. The van der Waals surface area contributed by atoms with E-state index in [9.17, 15) is 19.8 Å². The highest BCUT2D eigenvalue weighted by molar-refractivity contribution is 5.89. The van der Waals surface area contributed by atoms with Crippen molar-refractivity contribution in [3.05, 3.63) is 457 Å². The van der Waals surface area contributed by atoms with E-state index in [2.05, 4.69) is 328 Å². The quantitative estimate of drug-likeness (QED) is 0.0502. The van der Waals surface area contributed by atoms with Crippen LogP contribution in [0.4, 0.5) is 0 Å². The van der Waals surface area contributed by atoms with Crippen molar-refractivity contribution in [2.24, 2.45) is 5.92 Å². The molecule has 652 valence electrons. The number of aliphatic carboxylic acids is 2. The molecule has 0 aliphatic carbocycles. The van der Waals surface area contributed by atoms with E-state index in [1.165, 1.54) is 121 Å². The van der Waals surface area contributed by atoms with Crippen molar-refractivity contribution in [1.29, 1.82) is 0 Å². The fraction of sp³-hybridized carbons (Fsp3) is 0.220. The molecule has 0 aromatic heterocycles. The summed E-state index contributed by atoms with van der Waals surface area (Å²) in [5, 5.41) is 39.3. The van der Waals surface area contributed by atoms with Crippen LogP contribution in [0.1, 0.15) is 185 Å². The third-order valence-corrected chi connectivity index (χ3v) is 24.1. The maximum atomic E-state index is 11.2. The molecule has 11 nitrogen and oxygen atoms in total. The molecule has 18 rings (SSSR count). The lowest BCUT2D eigenvalue weighted by Crippen LogP contribution is -2.35. The van der Waals surface area contributed by atoms with Crippen molar-refractivity contribution in [2.45, 2.75) is 136 Å². The van der Waals surface area contributed by atoms with Gasteiger partial charge in [0.15, 0.2) is 13.2 Å². The molecule has 0 amide bonds. The Labute approximate surface area is 758 Å². The molecular weight excluding hydrogens is 1590 g/mol. The van der Waals surface area contributed by atoms with Crippen LogP contribution in [0, 0.1) is 5.92 Å². The Morgan fingerprint density at radius 2 is 0.736 bits per heavy atom. The topological polar surface area (TPSA) is 150 Å². The molecule has 3 N–H and O–H groups in total. The Kier molecular flexibility index (Phi) is 28.9. The summed E-state index contributed by atoms with van der Waals surface area (Å²) >= 11 is 0. The Morgan fingerprint density at radius 1 is 0.380 bits per heavy atom. The summed E-state index contributed by atoms with van der Waals surface area (Å²) in [6.45, 7) is 16.5. The van der Waals surface area contributed by atoms with Crippen LogP contribution in [0.5, 0.6) is 23.0 Å². The summed E-state index contributed by atoms with van der Waals surface area (Å²) in [7, 11) is 3.44. The van der Waals surface area contributed by atoms with E-state index < -0.39 is 18.0 Å². The fourth-order valence-electron chi connectivity index (χ4n) is 18.3. The molecule has 16 aromatic rings. The fourth-order valence-corrected chi connectivity index (χ4v) is 18.3. The average molecular weight is 1710 g/mol. The standard InChI is InChI=1S/C30H28O4.C30H30O3.2C29H28O2/c1-30(2)18-23-9-4-6-13-26(23)29(34-30)22-14-15-27(33-19-28(31)32)24(17-22)16-21-11-7-10-20-8-3-5-12-25(20)21;1-21(2)16-24-9-3-4-10-25(24)17-22-14-15-29(33-20-30(31)32)27(18-22)19-26-12-7-11-23-8-5-6-13-28(23)26;1-29(2)19-23-10-5-7-14-26(23)28(31-29)22-15-16-27(30-3)24(18-22)17-21-12-8-11-20-9-4-6-13-25(20)21;1-20(2)17-22-10-5-7-14-27(22)29(30)24-15-16-28(31-3)25(19-24)18-23-12-8-11-21-9-4-6-13-26(21)23/h3-15,17,29H,16,18-19H2,1-2H3,(H,31,32);3-15,18,21H,16-17,19-20H2,1-2H3,(H,31,32);4-16,18,28H,17,19H2,1-3H3;4-17,19,29-30H,18H2,1-3H3. The number of benzene rings is 16. The van der Waals surface area contributed by atoms with Crippen molar-refractivity contribution in [1.82, 2.24) is 0 Å². The lowest BCUT2D eigenvalue weighted by Gasteiger charge is -2.38. The summed E-state index contributed by atoms with van der Waals surface area (Å²) in [5.41, 5.74) is 23.9. The molecule has 0 bridgehead atoms. The molecule has 129 heavy (non-hydrogen) atoms. The van der Waals surface area contributed by atoms with Gasteiger partial charge in [0, 0.05) is 38.5 Å². The van der Waals surface area contributed by atoms with Crippen molar-refractivity contribution in [3.8, 4) is 23.0 Å². The van der Waals surface area contributed by atoms with E-state index in [-0.39, 0.29) is 36.6 Å². The number of carbonyl (C=O) groups is 2. The molecule has 2 aliphatic heterocycles. The second-order valence-electron chi connectivity index (χ2n) is 35.6. The van der Waals surface area contributed by atoms with Crippen LogP contribution in [0.3, 0.4) is 0 Å². The molecule has 2 heterocycles. The van der Waals surface area contributed by atoms with Gasteiger partial charge in [0.2, 0.25) is 0 Å². The third-order valence-electron chi connectivity index (χ3n) is 24.1. The minimum atomic E-state index is -0.994. The normalized spacial score (nSPS) is 14.3. The Morgan fingerprint density at radius 3 is 1.18 bits per heavy atom. The van der Waals surface area contributed by atoms with Crippen LogP contribution in [0.25, 0.3) is 49.2 Å². The number of allylic oxidation sites excluding steroid dienone is 1. The van der Waals surface area contributed by atoms with E-state index >= 15 is 0 Å². The van der Waals surface area contributed by atoms with Gasteiger partial charge in [0.1, 0.15) is 41.3 Å². The molecule has 0 radical (unpaired) electrons. The van der Waals surface area contributed by atoms with Gasteiger partial charge in [-0.1, -0.05) is 323 Å². The van der Waals surface area contributed by atoms with Crippen LogP contribution < -0.4 is 18.9 Å². The number of methoxy groups -OCH3 is 2. The smallest absolute Gasteiger partial charge is 0.341 e. The number of ether oxygens (including phenoxy) is 6. The lowest BCUT2D eigenvalue weighted by molar-refractivity contribution is -0.140. The maximum Gasteiger partial charge on any atom is 0.341 e. The van der Waals surface area contributed by atoms with Gasteiger partial charge in [-0.15, -0.1) is 0 Å². The number of carboxylic acids is 2. The van der Waals surface area contributed by atoms with Crippen molar-refractivity contribution in [2.75, 3.05) is 27.4 Å². The SMILES string of the molecule is CC(C)Cc1ccccc1Cc1ccc(OCC(=O)O)c(Cc2cccc3ccccc23)c1.CC1(C)Cc2ccccc2C(c2ccc(OCC(=O)O)c(Cc3cccc4ccccc34)c2)O1.COc1ccc(C(O)c2ccccc2C=C(C)C)cc1Cc1cccc2ccccc12.COc1ccc(C2OC(C)(C)Cc3ccccc32)cc1Cc1cccc2ccccc12. The molecule has 0 saturated carbocycles. The number of rotatable bonds is 25. The second-order valence-corrected chi connectivity index (χ2v) is 35.6. The van der Waals surface area contributed by atoms with Crippen LogP contribution >= 0.6 is 0 Å². The highest BCUT2D eigenvalue weighted by Crippen LogP contribution is 2.45. The zero-order valence-electron chi connectivity index (χ0n) is 75.4. The minimum absolute atomic E-state index is 0.0721. The minimum Gasteiger partial charge on any atom is -0.496 e. The van der Waals surface area contributed by atoms with Gasteiger partial charge in [-0.05, 0) is 257 Å². The molecule has 11 heteroatoms. The molecule has 3 atom stereocenters. The molecule has 2 aliphatic rings. The van der Waals surface area contributed by atoms with Gasteiger partial charge in [-0.3, -0.25) is 0 Å². The Bertz CT molecular complexity index is 6660. The number of aliphatic hydroxyl groups is 1. The Hall–Kier alpha value is -13.7. The van der Waals surface area contributed by atoms with Crippen molar-refractivity contribution in [3.63, 3.8) is 0 Å². The Balaban J connectivity index is 0.000000132. The van der Waals surface area contributed by atoms with Gasteiger partial charge in [-0.2, -0.15) is 0 Å². The number of hydrogen-bond donors (Lipinski definition) is 3. The first kappa shape index (κ1) is 90.1. The van der Waals surface area contributed by atoms with Crippen LogP contribution in [0.2, 0.25) is 0 Å². The van der Waals surface area contributed by atoms with Gasteiger partial charge in [0.05, 0.1) is 25.4 Å². The number of aliphatic hydroxyl groups excluding tert-OH is 1. The maximum absolute atomic E-state index is 11.2. The van der Waals surface area contributed by atoms with E-state index in [0.717, 1.165) is 89.0 Å². The largest absolute Gasteiger partial charge is 0.496 e. The van der Waals surface area contributed by atoms with Gasteiger partial charge in [-0.25, -0.2) is 9.59 Å². The summed E-state index contributed by atoms with van der Waals surface area (Å²) in [6.07, 6.45) is 7.68. The summed E-state index contributed by atoms with van der Waals surface area (Å²) in [6, 6.07) is 117. The highest BCUT2D eigenvalue weighted by Gasteiger charge is 2.36. The van der Waals surface area contributed by atoms with Crippen LogP contribution in [-0.4, -0.2) is 65.9 Å². The molecule has 0 spiro atoms. The van der Waals surface area contributed by atoms with Gasteiger partial charge in [0.25, 0.3) is 0 Å². The molecular formula is C118H114O11. The lowest BCUT2D eigenvalue weighted by atomic mass is 9.85. The monoisotopic (exact) mass is 1710 g/mol. The van der Waals surface area contributed by atoms with Crippen molar-refractivity contribution < 1.29 is 53.3 Å². The first-order chi connectivity index (χ1) is 62.5. The van der Waals surface area contributed by atoms with Crippen LogP contribution in [-0.2, 0) is 70.4 Å². The molecule has 16 aromatic carbocycles. The predicted molar refractivity (Wildman–Crippen MR) is 524 cm³/mol. The van der Waals surface area contributed by atoms with Crippen molar-refractivity contribution >= 4 is 61.1 Å². The van der Waals surface area contributed by atoms with E-state index in [0.29, 0.717) is 30.3 Å². The van der Waals surface area contributed by atoms with Gasteiger partial charge >= 0.3 is 11.9 Å². The first-order valence-corrected chi connectivity index (χ1v) is 44.6. The zero-order valence-corrected chi connectivity index (χ0v) is 75.4. The first-order valence-electron chi connectivity index (χ1n) is 44.6. The molecule has 0 saturated heterocycles. The van der Waals surface area contributed by atoms with E-state index in [1.54, 1.807) is 14.2 Å². The molecule has 0 fully saturated rings. The van der Waals surface area contributed by atoms with E-state index in [1.807, 2.05) is 72.8 Å². The average Bonchev–Trinajstić information content (AvgIpc) is 0.771. The predicted octanol–water partition coefficient (Wildman–Crippen LogP) is 26.8. The van der Waals surface area contributed by atoms with Crippen LogP contribution in [0.15, 0.2) is 345 Å². The summed E-state index contributed by atoms with van der Waals surface area (Å²) in [4.78, 5) is 22.3. The number of carboxylic acid groups (broad SMARTS) is 2. The zero-order chi connectivity index (χ0) is 90.1. The third kappa shape index (κ3) is 22.7.